The Bertz CT molecular complexity index is 524. The SMILES string of the molecule is COc1ccc2[nH]cc([N+]([O-])=NO)c2c1.[NaH]. The summed E-state index contributed by atoms with van der Waals surface area (Å²) >= 11 is 0. The van der Waals surface area contributed by atoms with Gasteiger partial charge in [0.2, 0.25) is 5.28 Å². The number of methoxy groups -OCH3 is 1. The van der Waals surface area contributed by atoms with Gasteiger partial charge in [0.15, 0.2) is 0 Å². The molecule has 0 aliphatic rings. The number of hydrogen-bond donors (Lipinski definition) is 2. The van der Waals surface area contributed by atoms with E-state index in [0.29, 0.717) is 11.1 Å². The van der Waals surface area contributed by atoms with E-state index in [-0.39, 0.29) is 40.1 Å². The van der Waals surface area contributed by atoms with Gasteiger partial charge in [0.25, 0.3) is 5.69 Å². The van der Waals surface area contributed by atoms with Crippen molar-refractivity contribution < 1.29 is 14.8 Å². The Morgan fingerprint density at radius 1 is 1.50 bits per heavy atom. The van der Waals surface area contributed by atoms with E-state index in [1.807, 2.05) is 0 Å². The van der Waals surface area contributed by atoms with Crippen LogP contribution in [0, 0.1) is 5.21 Å². The second-order valence-electron chi connectivity index (χ2n) is 2.95. The van der Waals surface area contributed by atoms with E-state index in [1.165, 1.54) is 6.20 Å². The first kappa shape index (κ1) is 12.8. The molecular weight excluding hydrogens is 221 g/mol. The molecule has 0 saturated heterocycles. The molecule has 1 heterocycles. The quantitative estimate of drug-likeness (QED) is 0.355. The van der Waals surface area contributed by atoms with Crippen molar-refractivity contribution in [3.05, 3.63) is 29.6 Å². The Morgan fingerprint density at radius 3 is 2.88 bits per heavy atom. The molecule has 0 atom stereocenters. The van der Waals surface area contributed by atoms with E-state index < -0.39 is 0 Å². The molecule has 0 bridgehead atoms. The zero-order valence-electron chi connectivity index (χ0n) is 7.97. The first-order valence-electron chi connectivity index (χ1n) is 4.23. The van der Waals surface area contributed by atoms with Crippen LogP contribution in [0.1, 0.15) is 0 Å². The average Bonchev–Trinajstić information content (AvgIpc) is 2.70. The Labute approximate surface area is 113 Å². The van der Waals surface area contributed by atoms with Crippen molar-refractivity contribution in [3.8, 4) is 5.75 Å². The normalized spacial score (nSPS) is 11.2. The Hall–Kier alpha value is -1.24. The molecule has 7 heteroatoms. The van der Waals surface area contributed by atoms with Crippen LogP contribution in [-0.2, 0) is 0 Å². The summed E-state index contributed by atoms with van der Waals surface area (Å²) in [6.45, 7) is 0. The standard InChI is InChI=1S/C9H9N3O3.Na.H/c1-15-6-2-3-8-7(4-6)9(5-10-8)12(14)11-13;;/h2-5,10,13H,1H3;;. The van der Waals surface area contributed by atoms with Gasteiger partial charge in [-0.1, -0.05) is 0 Å². The molecule has 2 rings (SSSR count). The van der Waals surface area contributed by atoms with Crippen molar-refractivity contribution >= 4 is 46.1 Å². The summed E-state index contributed by atoms with van der Waals surface area (Å²) in [6, 6.07) is 5.24. The predicted molar refractivity (Wildman–Crippen MR) is 59.5 cm³/mol. The van der Waals surface area contributed by atoms with Gasteiger partial charge >= 0.3 is 29.6 Å². The van der Waals surface area contributed by atoms with Gasteiger partial charge in [-0.3, -0.25) is 0 Å². The van der Waals surface area contributed by atoms with Crippen LogP contribution in [0.5, 0.6) is 5.75 Å². The second kappa shape index (κ2) is 5.20. The summed E-state index contributed by atoms with van der Waals surface area (Å²) in [6.07, 6.45) is 1.47. The van der Waals surface area contributed by atoms with E-state index >= 15 is 0 Å². The number of nitrogens with zero attached hydrogens (tertiary/aromatic N) is 2. The second-order valence-corrected chi connectivity index (χ2v) is 2.95. The molecular formula is C9H10N3NaO3. The molecule has 80 valence electrons. The number of nitrogens with one attached hydrogen (secondary N) is 1. The molecule has 2 aromatic rings. The molecule has 0 fully saturated rings. The maximum atomic E-state index is 11.1. The average molecular weight is 231 g/mol. The fourth-order valence-corrected chi connectivity index (χ4v) is 1.42. The van der Waals surface area contributed by atoms with Gasteiger partial charge in [0, 0.05) is 0 Å². The van der Waals surface area contributed by atoms with Crippen molar-refractivity contribution in [2.24, 2.45) is 5.28 Å². The van der Waals surface area contributed by atoms with Crippen LogP contribution in [0.2, 0.25) is 0 Å². The van der Waals surface area contributed by atoms with Crippen LogP contribution in [0.15, 0.2) is 29.7 Å². The molecule has 6 nitrogen and oxygen atoms in total. The molecule has 0 aliphatic carbocycles. The van der Waals surface area contributed by atoms with Crippen molar-refractivity contribution in [1.82, 2.24) is 4.98 Å². The summed E-state index contributed by atoms with van der Waals surface area (Å²) < 4.78 is 5.03. The molecule has 0 aliphatic heterocycles. The minimum atomic E-state index is 0. The molecule has 0 amide bonds. The van der Waals surface area contributed by atoms with Crippen LogP contribution in [-0.4, -0.2) is 51.7 Å². The minimum absolute atomic E-state index is 0. The Balaban J connectivity index is 0.00000128. The Morgan fingerprint density at radius 2 is 2.25 bits per heavy atom. The van der Waals surface area contributed by atoms with Gasteiger partial charge in [-0.25, -0.2) is 0 Å². The molecule has 1 aromatic carbocycles. The number of aromatic nitrogens is 1. The van der Waals surface area contributed by atoms with Gasteiger partial charge in [0.05, 0.1) is 24.2 Å². The van der Waals surface area contributed by atoms with E-state index in [0.717, 1.165) is 5.52 Å². The van der Waals surface area contributed by atoms with Gasteiger partial charge in [-0.15, -0.1) is 0 Å². The molecule has 2 N–H and O–H groups in total. The van der Waals surface area contributed by atoms with Gasteiger partial charge < -0.3 is 20.1 Å². The molecule has 0 radical (unpaired) electrons. The summed E-state index contributed by atoms with van der Waals surface area (Å²) in [5.74, 6) is 0.634. The van der Waals surface area contributed by atoms with E-state index in [2.05, 4.69) is 10.3 Å². The molecule has 1 aromatic heterocycles. The molecule has 0 spiro atoms. The predicted octanol–water partition coefficient (Wildman–Crippen LogP) is 1.51. The summed E-state index contributed by atoms with van der Waals surface area (Å²) in [7, 11) is 1.54. The number of ether oxygens (including phenoxy) is 1. The van der Waals surface area contributed by atoms with E-state index in [4.69, 9.17) is 9.94 Å². The van der Waals surface area contributed by atoms with E-state index in [9.17, 15) is 5.21 Å². The third-order valence-electron chi connectivity index (χ3n) is 2.15. The van der Waals surface area contributed by atoms with Crippen molar-refractivity contribution in [1.29, 1.82) is 0 Å². The van der Waals surface area contributed by atoms with Crippen LogP contribution >= 0.6 is 0 Å². The van der Waals surface area contributed by atoms with Crippen LogP contribution in [0.4, 0.5) is 5.69 Å². The monoisotopic (exact) mass is 231 g/mol. The van der Waals surface area contributed by atoms with Crippen molar-refractivity contribution in [3.63, 3.8) is 0 Å². The third kappa shape index (κ3) is 2.13. The van der Waals surface area contributed by atoms with Gasteiger partial charge in [-0.05, 0) is 23.1 Å². The first-order chi connectivity index (χ1) is 7.26. The van der Waals surface area contributed by atoms with Gasteiger partial charge in [-0.2, -0.15) is 0 Å². The number of rotatable bonds is 2. The van der Waals surface area contributed by atoms with Gasteiger partial charge in [0.1, 0.15) is 5.75 Å². The maximum absolute atomic E-state index is 11.1. The fourth-order valence-electron chi connectivity index (χ4n) is 1.42. The van der Waals surface area contributed by atoms with E-state index in [1.54, 1.807) is 25.3 Å². The summed E-state index contributed by atoms with van der Waals surface area (Å²) in [5.41, 5.74) is 1.02. The first-order valence-corrected chi connectivity index (χ1v) is 4.23. The van der Waals surface area contributed by atoms with Crippen molar-refractivity contribution in [2.75, 3.05) is 7.11 Å². The fraction of sp³-hybridized carbons (Fsp3) is 0.111. The molecule has 0 unspecified atom stereocenters. The number of fused-ring (bicyclic) bond motifs is 1. The molecule has 16 heavy (non-hydrogen) atoms. The zero-order valence-corrected chi connectivity index (χ0v) is 7.97. The number of hydrogen-bond acceptors (Lipinski definition) is 3. The topological polar surface area (TPSA) is 83.7 Å². The number of benzene rings is 1. The number of aromatic amines is 1. The zero-order chi connectivity index (χ0) is 10.8. The van der Waals surface area contributed by atoms with Crippen LogP contribution in [0.25, 0.3) is 10.9 Å². The Kier molecular flexibility index (Phi) is 4.17. The van der Waals surface area contributed by atoms with Crippen LogP contribution < -0.4 is 4.74 Å². The van der Waals surface area contributed by atoms with Crippen molar-refractivity contribution in [2.45, 2.75) is 0 Å². The molecule has 0 saturated carbocycles. The summed E-state index contributed by atoms with van der Waals surface area (Å²) in [5, 5.41) is 22.7. The number of H-pyrrole nitrogens is 1. The third-order valence-corrected chi connectivity index (χ3v) is 2.15. The summed E-state index contributed by atoms with van der Waals surface area (Å²) in [4.78, 5) is 3.02. The van der Waals surface area contributed by atoms with Crippen LogP contribution in [0.3, 0.4) is 0 Å².